The number of hydrogen-bond donors (Lipinski definition) is 1. The van der Waals surface area contributed by atoms with E-state index in [2.05, 4.69) is 21.4 Å². The van der Waals surface area contributed by atoms with E-state index in [4.69, 9.17) is 4.74 Å². The summed E-state index contributed by atoms with van der Waals surface area (Å²) in [4.78, 5) is 19.0. The van der Waals surface area contributed by atoms with E-state index in [1.165, 1.54) is 0 Å². The first-order chi connectivity index (χ1) is 7.11. The molecule has 1 N–H and O–H groups in total. The number of amides is 1. The minimum atomic E-state index is -0.0639. The number of hydrogen-bond acceptors (Lipinski definition) is 4. The number of aromatic nitrogens is 2. The second kappa shape index (κ2) is 5.29. The Morgan fingerprint density at radius 3 is 2.53 bits per heavy atom. The highest BCUT2D eigenvalue weighted by molar-refractivity contribution is 5.75. The highest BCUT2D eigenvalue weighted by Gasteiger charge is 2.02. The van der Waals surface area contributed by atoms with Gasteiger partial charge < -0.3 is 10.1 Å². The zero-order chi connectivity index (χ0) is 11.3. The average Bonchev–Trinajstić information content (AvgIpc) is 2.16. The second-order valence-corrected chi connectivity index (χ2v) is 3.07. The van der Waals surface area contributed by atoms with E-state index < -0.39 is 0 Å². The maximum Gasteiger partial charge on any atom is 0.316 e. The lowest BCUT2D eigenvalue weighted by molar-refractivity contribution is -0.121. The van der Waals surface area contributed by atoms with Gasteiger partial charge in [0.05, 0.1) is 17.8 Å². The van der Waals surface area contributed by atoms with Gasteiger partial charge in [0.15, 0.2) is 0 Å². The Bertz CT molecular complexity index is 332. The van der Waals surface area contributed by atoms with E-state index >= 15 is 0 Å². The van der Waals surface area contributed by atoms with Crippen LogP contribution in [-0.2, 0) is 4.79 Å². The first kappa shape index (κ1) is 11.4. The van der Waals surface area contributed by atoms with Crippen LogP contribution in [0.5, 0.6) is 6.01 Å². The smallest absolute Gasteiger partial charge is 0.316 e. The molecule has 0 spiro atoms. The van der Waals surface area contributed by atoms with E-state index in [1.54, 1.807) is 7.05 Å². The molecule has 1 rings (SSSR count). The predicted molar refractivity (Wildman–Crippen MR) is 54.5 cm³/mol. The summed E-state index contributed by atoms with van der Waals surface area (Å²) in [7, 11) is 1.59. The minimum absolute atomic E-state index is 0.0639. The molecular weight excluding hydrogens is 194 g/mol. The summed E-state index contributed by atoms with van der Waals surface area (Å²) in [5, 5.41) is 2.51. The molecule has 5 nitrogen and oxygen atoms in total. The Morgan fingerprint density at radius 1 is 1.40 bits per heavy atom. The molecule has 1 radical (unpaired) electrons. The lowest BCUT2D eigenvalue weighted by Gasteiger charge is -2.04. The number of nitrogens with zero attached hydrogens (tertiary/aromatic N) is 2. The number of ether oxygens (including phenoxy) is 1. The van der Waals surface area contributed by atoms with Crippen molar-refractivity contribution in [3.63, 3.8) is 0 Å². The molecule has 1 amide bonds. The van der Waals surface area contributed by atoms with Gasteiger partial charge in [-0.05, 0) is 13.8 Å². The molecule has 5 heteroatoms. The Labute approximate surface area is 88.9 Å². The Hall–Kier alpha value is -1.65. The highest BCUT2D eigenvalue weighted by Crippen LogP contribution is 2.05. The molecule has 1 heterocycles. The average molecular weight is 208 g/mol. The van der Waals surface area contributed by atoms with E-state index in [0.29, 0.717) is 12.4 Å². The largest absolute Gasteiger partial charge is 0.463 e. The Morgan fingerprint density at radius 2 is 2.00 bits per heavy atom. The lowest BCUT2D eigenvalue weighted by Crippen LogP contribution is -2.20. The zero-order valence-electron chi connectivity index (χ0n) is 9.13. The molecule has 15 heavy (non-hydrogen) atoms. The van der Waals surface area contributed by atoms with E-state index in [-0.39, 0.29) is 12.5 Å². The van der Waals surface area contributed by atoms with Gasteiger partial charge in [-0.3, -0.25) is 4.79 Å². The van der Waals surface area contributed by atoms with Crippen LogP contribution in [0.4, 0.5) is 0 Å². The van der Waals surface area contributed by atoms with Gasteiger partial charge in [0, 0.05) is 13.1 Å². The molecule has 1 aromatic heterocycles. The molecular formula is C10H14N3O2. The predicted octanol–water partition coefficient (Wildman–Crippen LogP) is 0.409. The summed E-state index contributed by atoms with van der Waals surface area (Å²) in [5.41, 5.74) is 1.47. The van der Waals surface area contributed by atoms with Gasteiger partial charge in [0.25, 0.3) is 0 Å². The van der Waals surface area contributed by atoms with Crippen LogP contribution in [0.1, 0.15) is 17.8 Å². The van der Waals surface area contributed by atoms with Crippen molar-refractivity contribution in [1.82, 2.24) is 15.3 Å². The van der Waals surface area contributed by atoms with Crippen LogP contribution in [0, 0.1) is 19.9 Å². The molecule has 0 unspecified atom stereocenters. The summed E-state index contributed by atoms with van der Waals surface area (Å²) in [6.07, 6.45) is 0.302. The summed E-state index contributed by atoms with van der Waals surface area (Å²) in [5.74, 6) is -0.0639. The third kappa shape index (κ3) is 3.93. The fraction of sp³-hybridized carbons (Fsp3) is 0.500. The van der Waals surface area contributed by atoms with Gasteiger partial charge in [0.1, 0.15) is 6.61 Å². The van der Waals surface area contributed by atoms with E-state index in [0.717, 1.165) is 11.4 Å². The molecule has 0 atom stereocenters. The molecule has 0 aliphatic rings. The number of carbonyl (C=O) groups is 1. The molecule has 0 fully saturated rings. The van der Waals surface area contributed by atoms with Crippen LogP contribution in [-0.4, -0.2) is 29.5 Å². The molecule has 0 saturated heterocycles. The standard InChI is InChI=1S/C10H14N3O2/c1-7-6-8(2)13-10(12-7)15-5-4-9(14)11-3/h4-5H2,1-3H3,(H,11,14). The highest BCUT2D eigenvalue weighted by atomic mass is 16.5. The molecule has 0 aliphatic carbocycles. The molecule has 0 bridgehead atoms. The third-order valence-electron chi connectivity index (χ3n) is 1.73. The van der Waals surface area contributed by atoms with Crippen LogP contribution in [0.15, 0.2) is 0 Å². The van der Waals surface area contributed by atoms with Crippen LogP contribution in [0.25, 0.3) is 0 Å². The summed E-state index contributed by atoms with van der Waals surface area (Å²) in [6, 6.07) is 3.24. The maximum absolute atomic E-state index is 10.9. The van der Waals surface area contributed by atoms with Gasteiger partial charge in [-0.25, -0.2) is 0 Å². The van der Waals surface area contributed by atoms with Crippen LogP contribution >= 0.6 is 0 Å². The molecule has 0 aliphatic heterocycles. The van der Waals surface area contributed by atoms with Crippen molar-refractivity contribution < 1.29 is 9.53 Å². The SMILES string of the molecule is CNC(=O)CCOc1nc(C)[c]c(C)n1. The van der Waals surface area contributed by atoms with Gasteiger partial charge in [0.2, 0.25) is 5.91 Å². The summed E-state index contributed by atoms with van der Waals surface area (Å²) in [6.45, 7) is 3.92. The van der Waals surface area contributed by atoms with E-state index in [1.807, 2.05) is 13.8 Å². The van der Waals surface area contributed by atoms with Crippen molar-refractivity contribution >= 4 is 5.91 Å². The molecule has 0 aromatic carbocycles. The maximum atomic E-state index is 10.9. The summed E-state index contributed by atoms with van der Waals surface area (Å²) < 4.78 is 5.24. The van der Waals surface area contributed by atoms with Crippen molar-refractivity contribution in [3.8, 4) is 6.01 Å². The van der Waals surface area contributed by atoms with Crippen molar-refractivity contribution in [1.29, 1.82) is 0 Å². The molecule has 0 saturated carbocycles. The fourth-order valence-electron chi connectivity index (χ4n) is 1.05. The van der Waals surface area contributed by atoms with Gasteiger partial charge in [-0.2, -0.15) is 9.97 Å². The topological polar surface area (TPSA) is 64.1 Å². The van der Waals surface area contributed by atoms with Crippen molar-refractivity contribution in [2.45, 2.75) is 20.3 Å². The van der Waals surface area contributed by atoms with Crippen LogP contribution < -0.4 is 10.1 Å². The number of rotatable bonds is 4. The van der Waals surface area contributed by atoms with E-state index in [9.17, 15) is 4.79 Å². The lowest BCUT2D eigenvalue weighted by atomic mass is 10.4. The first-order valence-corrected chi connectivity index (χ1v) is 4.69. The molecule has 81 valence electrons. The monoisotopic (exact) mass is 208 g/mol. The first-order valence-electron chi connectivity index (χ1n) is 4.69. The van der Waals surface area contributed by atoms with Crippen molar-refractivity contribution in [3.05, 3.63) is 17.5 Å². The fourth-order valence-corrected chi connectivity index (χ4v) is 1.05. The number of carbonyl (C=O) groups excluding carboxylic acids is 1. The van der Waals surface area contributed by atoms with Gasteiger partial charge >= 0.3 is 6.01 Å². The molecule has 1 aromatic rings. The van der Waals surface area contributed by atoms with Gasteiger partial charge in [-0.1, -0.05) is 0 Å². The Balaban J connectivity index is 2.47. The normalized spacial score (nSPS) is 9.80. The van der Waals surface area contributed by atoms with Crippen LogP contribution in [0.2, 0.25) is 0 Å². The third-order valence-corrected chi connectivity index (χ3v) is 1.73. The zero-order valence-corrected chi connectivity index (χ0v) is 9.13. The van der Waals surface area contributed by atoms with Gasteiger partial charge in [-0.15, -0.1) is 0 Å². The van der Waals surface area contributed by atoms with Crippen molar-refractivity contribution in [2.75, 3.05) is 13.7 Å². The van der Waals surface area contributed by atoms with Crippen molar-refractivity contribution in [2.24, 2.45) is 0 Å². The van der Waals surface area contributed by atoms with Crippen LogP contribution in [0.3, 0.4) is 0 Å². The Kier molecular flexibility index (Phi) is 4.03. The quantitative estimate of drug-likeness (QED) is 0.778. The second-order valence-electron chi connectivity index (χ2n) is 3.07. The minimum Gasteiger partial charge on any atom is -0.463 e. The number of nitrogens with one attached hydrogen (secondary N) is 1. The number of aryl methyl sites for hydroxylation is 2. The summed E-state index contributed by atoms with van der Waals surface area (Å²) >= 11 is 0.